The van der Waals surface area contributed by atoms with Gasteiger partial charge in [-0.15, -0.1) is 0 Å². The number of hydrogen-bond acceptors (Lipinski definition) is 3. The number of carbonyl (C=O) groups is 1. The number of carbonyl (C=O) groups excluding carboxylic acids is 1. The average Bonchev–Trinajstić information content (AvgIpc) is 2.13. The number of rotatable bonds is 1. The number of amides is 1. The Hall–Kier alpha value is -0.610. The SMILES string of the molecule is CC(O)C1CNNC1=O. The van der Waals surface area contributed by atoms with Gasteiger partial charge in [-0.3, -0.25) is 10.2 Å². The van der Waals surface area contributed by atoms with E-state index in [-0.39, 0.29) is 11.8 Å². The number of aliphatic hydroxyl groups is 1. The molecule has 0 aromatic rings. The molecule has 52 valence electrons. The summed E-state index contributed by atoms with van der Waals surface area (Å²) >= 11 is 0. The predicted octanol–water partition coefficient (Wildman–Crippen LogP) is -1.38. The lowest BCUT2D eigenvalue weighted by Crippen LogP contribution is -2.28. The molecule has 2 atom stereocenters. The van der Waals surface area contributed by atoms with Gasteiger partial charge in [0.05, 0.1) is 12.0 Å². The molecule has 1 aliphatic heterocycles. The van der Waals surface area contributed by atoms with Crippen molar-refractivity contribution in [3.05, 3.63) is 0 Å². The van der Waals surface area contributed by atoms with Crippen LogP contribution in [0.15, 0.2) is 0 Å². The van der Waals surface area contributed by atoms with Crippen molar-refractivity contribution in [1.82, 2.24) is 10.9 Å². The largest absolute Gasteiger partial charge is 0.393 e. The van der Waals surface area contributed by atoms with Crippen LogP contribution in [-0.2, 0) is 4.79 Å². The van der Waals surface area contributed by atoms with Crippen molar-refractivity contribution in [1.29, 1.82) is 0 Å². The Balaban J connectivity index is 2.49. The van der Waals surface area contributed by atoms with Gasteiger partial charge in [-0.2, -0.15) is 0 Å². The first-order valence-corrected chi connectivity index (χ1v) is 2.92. The van der Waals surface area contributed by atoms with Crippen molar-refractivity contribution >= 4 is 5.91 Å². The molecule has 4 nitrogen and oxygen atoms in total. The Bertz CT molecular complexity index is 124. The summed E-state index contributed by atoms with van der Waals surface area (Å²) in [4.78, 5) is 10.7. The summed E-state index contributed by atoms with van der Waals surface area (Å²) in [5, 5.41) is 8.92. The van der Waals surface area contributed by atoms with E-state index in [1.165, 1.54) is 0 Å². The van der Waals surface area contributed by atoms with E-state index >= 15 is 0 Å². The van der Waals surface area contributed by atoms with E-state index in [4.69, 9.17) is 5.11 Å². The second-order valence-corrected chi connectivity index (χ2v) is 2.22. The average molecular weight is 130 g/mol. The standard InChI is InChI=1S/C5H10N2O2/c1-3(8)4-2-6-7-5(4)9/h3-4,6,8H,2H2,1H3,(H,7,9). The lowest BCUT2D eigenvalue weighted by atomic mass is 10.1. The second kappa shape index (κ2) is 2.33. The van der Waals surface area contributed by atoms with Crippen molar-refractivity contribution in [3.63, 3.8) is 0 Å². The fraction of sp³-hybridized carbons (Fsp3) is 0.800. The minimum absolute atomic E-state index is 0.120. The Morgan fingerprint density at radius 3 is 2.78 bits per heavy atom. The molecule has 1 heterocycles. The fourth-order valence-corrected chi connectivity index (χ4v) is 0.823. The molecule has 3 N–H and O–H groups in total. The molecule has 1 fully saturated rings. The minimum atomic E-state index is -0.556. The van der Waals surface area contributed by atoms with Gasteiger partial charge in [0, 0.05) is 6.54 Å². The van der Waals surface area contributed by atoms with E-state index in [1.54, 1.807) is 6.92 Å². The highest BCUT2D eigenvalue weighted by molar-refractivity contribution is 5.80. The molecule has 0 bridgehead atoms. The van der Waals surface area contributed by atoms with Crippen LogP contribution >= 0.6 is 0 Å². The van der Waals surface area contributed by atoms with E-state index in [9.17, 15) is 4.79 Å². The van der Waals surface area contributed by atoms with Crippen LogP contribution in [0.25, 0.3) is 0 Å². The molecular formula is C5H10N2O2. The molecule has 4 heteroatoms. The van der Waals surface area contributed by atoms with Gasteiger partial charge in [-0.25, -0.2) is 5.43 Å². The van der Waals surface area contributed by atoms with Gasteiger partial charge in [-0.1, -0.05) is 0 Å². The quantitative estimate of drug-likeness (QED) is 0.410. The summed E-state index contributed by atoms with van der Waals surface area (Å²) in [5.41, 5.74) is 5.05. The summed E-state index contributed by atoms with van der Waals surface area (Å²) in [7, 11) is 0. The van der Waals surface area contributed by atoms with Crippen LogP contribution in [0.5, 0.6) is 0 Å². The molecule has 1 amide bonds. The molecule has 1 rings (SSSR count). The molecule has 2 unspecified atom stereocenters. The molecule has 0 aliphatic carbocycles. The third-order valence-corrected chi connectivity index (χ3v) is 1.45. The maximum Gasteiger partial charge on any atom is 0.241 e. The molecule has 0 aromatic carbocycles. The molecule has 1 saturated heterocycles. The van der Waals surface area contributed by atoms with E-state index < -0.39 is 6.10 Å². The molecule has 1 aliphatic rings. The normalized spacial score (nSPS) is 30.0. The summed E-state index contributed by atoms with van der Waals surface area (Å²) in [6.07, 6.45) is -0.556. The Morgan fingerprint density at radius 1 is 1.89 bits per heavy atom. The van der Waals surface area contributed by atoms with E-state index in [1.807, 2.05) is 0 Å². The Kier molecular flexibility index (Phi) is 1.68. The first kappa shape index (κ1) is 6.51. The Morgan fingerprint density at radius 2 is 2.56 bits per heavy atom. The van der Waals surface area contributed by atoms with Gasteiger partial charge < -0.3 is 5.11 Å². The third kappa shape index (κ3) is 1.20. The molecule has 9 heavy (non-hydrogen) atoms. The topological polar surface area (TPSA) is 61.4 Å². The van der Waals surface area contributed by atoms with Crippen molar-refractivity contribution in [2.24, 2.45) is 5.92 Å². The van der Waals surface area contributed by atoms with Gasteiger partial charge >= 0.3 is 0 Å². The van der Waals surface area contributed by atoms with Crippen LogP contribution in [0.2, 0.25) is 0 Å². The van der Waals surface area contributed by atoms with Crippen molar-refractivity contribution in [2.45, 2.75) is 13.0 Å². The minimum Gasteiger partial charge on any atom is -0.393 e. The Labute approximate surface area is 53.2 Å². The lowest BCUT2D eigenvalue weighted by Gasteiger charge is -2.06. The zero-order chi connectivity index (χ0) is 6.85. The van der Waals surface area contributed by atoms with Crippen molar-refractivity contribution in [3.8, 4) is 0 Å². The predicted molar refractivity (Wildman–Crippen MR) is 31.3 cm³/mol. The molecular weight excluding hydrogens is 120 g/mol. The fourth-order valence-electron chi connectivity index (χ4n) is 0.823. The molecule has 0 aromatic heterocycles. The molecule has 0 spiro atoms. The second-order valence-electron chi connectivity index (χ2n) is 2.22. The third-order valence-electron chi connectivity index (χ3n) is 1.45. The zero-order valence-electron chi connectivity index (χ0n) is 5.22. The van der Waals surface area contributed by atoms with E-state index in [2.05, 4.69) is 10.9 Å². The van der Waals surface area contributed by atoms with Crippen LogP contribution in [-0.4, -0.2) is 23.7 Å². The van der Waals surface area contributed by atoms with Gasteiger partial charge in [0.25, 0.3) is 0 Å². The first-order chi connectivity index (χ1) is 4.22. The number of hydrogen-bond donors (Lipinski definition) is 3. The summed E-state index contributed by atoms with van der Waals surface area (Å²) < 4.78 is 0. The smallest absolute Gasteiger partial charge is 0.241 e. The van der Waals surface area contributed by atoms with E-state index in [0.29, 0.717) is 6.54 Å². The maximum absolute atomic E-state index is 10.7. The summed E-state index contributed by atoms with van der Waals surface area (Å²) in [6.45, 7) is 2.13. The summed E-state index contributed by atoms with van der Waals surface area (Å²) in [6, 6.07) is 0. The molecule has 0 saturated carbocycles. The van der Waals surface area contributed by atoms with Gasteiger partial charge in [0.1, 0.15) is 0 Å². The van der Waals surface area contributed by atoms with E-state index in [0.717, 1.165) is 0 Å². The van der Waals surface area contributed by atoms with Crippen LogP contribution in [0, 0.1) is 5.92 Å². The highest BCUT2D eigenvalue weighted by atomic mass is 16.3. The lowest BCUT2D eigenvalue weighted by molar-refractivity contribution is -0.125. The van der Waals surface area contributed by atoms with Gasteiger partial charge in [0.15, 0.2) is 0 Å². The zero-order valence-corrected chi connectivity index (χ0v) is 5.22. The highest BCUT2D eigenvalue weighted by Gasteiger charge is 2.27. The highest BCUT2D eigenvalue weighted by Crippen LogP contribution is 2.04. The van der Waals surface area contributed by atoms with Crippen LogP contribution < -0.4 is 10.9 Å². The number of nitrogens with one attached hydrogen (secondary N) is 2. The van der Waals surface area contributed by atoms with Crippen LogP contribution in [0.1, 0.15) is 6.92 Å². The monoisotopic (exact) mass is 130 g/mol. The van der Waals surface area contributed by atoms with Gasteiger partial charge in [-0.05, 0) is 6.92 Å². The summed E-state index contributed by atoms with van der Waals surface area (Å²) in [5.74, 6) is -0.394. The van der Waals surface area contributed by atoms with Crippen LogP contribution in [0.3, 0.4) is 0 Å². The molecule has 0 radical (unpaired) electrons. The number of hydrazine groups is 1. The maximum atomic E-state index is 10.7. The van der Waals surface area contributed by atoms with Gasteiger partial charge in [0.2, 0.25) is 5.91 Å². The van der Waals surface area contributed by atoms with Crippen LogP contribution in [0.4, 0.5) is 0 Å². The number of aliphatic hydroxyl groups excluding tert-OH is 1. The van der Waals surface area contributed by atoms with Crippen molar-refractivity contribution < 1.29 is 9.90 Å². The van der Waals surface area contributed by atoms with Crippen molar-refractivity contribution in [2.75, 3.05) is 6.54 Å². The first-order valence-electron chi connectivity index (χ1n) is 2.92.